The number of nitrogens with zero attached hydrogens (tertiary/aromatic N) is 1. The summed E-state index contributed by atoms with van der Waals surface area (Å²) in [5.41, 5.74) is 8.17. The summed E-state index contributed by atoms with van der Waals surface area (Å²) in [5, 5.41) is 3.95. The Hall–Kier alpha value is -1.76. The first-order valence-corrected chi connectivity index (χ1v) is 9.09. The maximum atomic E-state index is 12.3. The van der Waals surface area contributed by atoms with E-state index in [0.717, 1.165) is 34.0 Å². The Morgan fingerprint density at radius 2 is 2.08 bits per heavy atom. The third-order valence-electron chi connectivity index (χ3n) is 4.41. The number of nitrogens with two attached hydrogens (primary N) is 1. The summed E-state index contributed by atoms with van der Waals surface area (Å²) < 4.78 is 5.33. The van der Waals surface area contributed by atoms with Crippen LogP contribution in [0.25, 0.3) is 10.6 Å². The number of hydrogen-bond acceptors (Lipinski definition) is 5. The number of thiazole rings is 1. The Balaban J connectivity index is 1.60. The van der Waals surface area contributed by atoms with Crippen LogP contribution in [0.2, 0.25) is 0 Å². The average Bonchev–Trinajstić information content (AvgIpc) is 3.01. The highest BCUT2D eigenvalue weighted by Crippen LogP contribution is 2.27. The zero-order valence-corrected chi connectivity index (χ0v) is 14.6. The fraction of sp³-hybridized carbons (Fsp3) is 0.444. The number of rotatable bonds is 5. The molecule has 1 saturated heterocycles. The average molecular weight is 345 g/mol. The van der Waals surface area contributed by atoms with Gasteiger partial charge in [-0.2, -0.15) is 0 Å². The van der Waals surface area contributed by atoms with Gasteiger partial charge in [-0.15, -0.1) is 11.3 Å². The quantitative estimate of drug-likeness (QED) is 0.873. The fourth-order valence-corrected chi connectivity index (χ4v) is 3.88. The molecule has 24 heavy (non-hydrogen) atoms. The van der Waals surface area contributed by atoms with Gasteiger partial charge in [-0.05, 0) is 25.7 Å². The Morgan fingerprint density at radius 3 is 2.79 bits per heavy atom. The van der Waals surface area contributed by atoms with E-state index < -0.39 is 6.04 Å². The van der Waals surface area contributed by atoms with Crippen molar-refractivity contribution in [3.63, 3.8) is 0 Å². The highest BCUT2D eigenvalue weighted by Gasteiger charge is 2.26. The molecule has 0 bridgehead atoms. The first kappa shape index (κ1) is 17.1. The number of carbonyl (C=O) groups excluding carboxylic acids is 1. The van der Waals surface area contributed by atoms with Gasteiger partial charge in [-0.25, -0.2) is 4.98 Å². The maximum absolute atomic E-state index is 12.3. The maximum Gasteiger partial charge on any atom is 0.237 e. The van der Waals surface area contributed by atoms with Gasteiger partial charge in [-0.3, -0.25) is 4.79 Å². The van der Waals surface area contributed by atoms with Gasteiger partial charge in [0.25, 0.3) is 0 Å². The molecule has 3 rings (SSSR count). The number of aromatic nitrogens is 1. The van der Waals surface area contributed by atoms with E-state index in [0.29, 0.717) is 19.8 Å². The van der Waals surface area contributed by atoms with E-state index in [2.05, 4.69) is 10.3 Å². The molecule has 1 unspecified atom stereocenters. The number of benzene rings is 1. The summed E-state index contributed by atoms with van der Waals surface area (Å²) in [6, 6.07) is 9.61. The lowest BCUT2D eigenvalue weighted by Gasteiger charge is -2.26. The van der Waals surface area contributed by atoms with Crippen LogP contribution < -0.4 is 11.1 Å². The molecular weight excluding hydrogens is 322 g/mol. The van der Waals surface area contributed by atoms with E-state index >= 15 is 0 Å². The van der Waals surface area contributed by atoms with Crippen LogP contribution in [0.15, 0.2) is 30.3 Å². The summed E-state index contributed by atoms with van der Waals surface area (Å²) in [4.78, 5) is 18.0. The molecule has 3 N–H and O–H groups in total. The number of amides is 1. The van der Waals surface area contributed by atoms with Crippen molar-refractivity contribution in [2.75, 3.05) is 13.2 Å². The van der Waals surface area contributed by atoms with Gasteiger partial charge >= 0.3 is 0 Å². The molecule has 128 valence electrons. The molecule has 6 heteroatoms. The van der Waals surface area contributed by atoms with Crippen LogP contribution in [0, 0.1) is 12.8 Å². The minimum atomic E-state index is -0.462. The number of aryl methyl sites for hydroxylation is 1. The Bertz CT molecular complexity index is 681. The third kappa shape index (κ3) is 4.01. The second-order valence-corrected chi connectivity index (χ2v) is 7.17. The standard InChI is InChI=1S/C18H23N3O2S/c1-12-15(24-18(21-12)14-5-3-2-4-6-14)11-20-17(22)16(19)13-7-9-23-10-8-13/h2-6,13,16H,7-11,19H2,1H3,(H,20,22). The molecule has 2 aromatic rings. The van der Waals surface area contributed by atoms with E-state index in [-0.39, 0.29) is 11.8 Å². The fourth-order valence-electron chi connectivity index (χ4n) is 2.87. The minimum Gasteiger partial charge on any atom is -0.381 e. The second kappa shape index (κ2) is 7.88. The molecule has 1 amide bonds. The van der Waals surface area contributed by atoms with Gasteiger partial charge in [0.1, 0.15) is 5.01 Å². The topological polar surface area (TPSA) is 77.2 Å². The first-order valence-electron chi connectivity index (χ1n) is 8.28. The van der Waals surface area contributed by atoms with E-state index in [1.807, 2.05) is 37.3 Å². The predicted octanol–water partition coefficient (Wildman–Crippen LogP) is 2.49. The van der Waals surface area contributed by atoms with E-state index in [1.54, 1.807) is 11.3 Å². The van der Waals surface area contributed by atoms with E-state index in [9.17, 15) is 4.79 Å². The summed E-state index contributed by atoms with van der Waals surface area (Å²) in [6.45, 7) is 3.84. The van der Waals surface area contributed by atoms with Gasteiger partial charge in [0.15, 0.2) is 0 Å². The van der Waals surface area contributed by atoms with Crippen LogP contribution in [0.3, 0.4) is 0 Å². The Labute approximate surface area is 146 Å². The molecule has 1 aliphatic rings. The molecule has 0 spiro atoms. The summed E-state index contributed by atoms with van der Waals surface area (Å²) >= 11 is 1.62. The lowest BCUT2D eigenvalue weighted by atomic mass is 9.92. The number of carbonyl (C=O) groups is 1. The van der Waals surface area contributed by atoms with Crippen LogP contribution in [0.5, 0.6) is 0 Å². The van der Waals surface area contributed by atoms with Crippen molar-refractivity contribution in [2.45, 2.75) is 32.4 Å². The summed E-state index contributed by atoms with van der Waals surface area (Å²) in [5.74, 6) is 0.122. The van der Waals surface area contributed by atoms with Gasteiger partial charge < -0.3 is 15.8 Å². The monoisotopic (exact) mass is 345 g/mol. The number of nitrogens with one attached hydrogen (secondary N) is 1. The van der Waals surface area contributed by atoms with Crippen molar-refractivity contribution >= 4 is 17.2 Å². The molecule has 0 aliphatic carbocycles. The van der Waals surface area contributed by atoms with Crippen molar-refractivity contribution in [3.05, 3.63) is 40.9 Å². The summed E-state index contributed by atoms with van der Waals surface area (Å²) in [6.07, 6.45) is 1.71. The highest BCUT2D eigenvalue weighted by atomic mass is 32.1. The van der Waals surface area contributed by atoms with Crippen molar-refractivity contribution < 1.29 is 9.53 Å². The zero-order chi connectivity index (χ0) is 16.9. The number of hydrogen-bond donors (Lipinski definition) is 2. The van der Waals surface area contributed by atoms with Crippen LogP contribution in [0.4, 0.5) is 0 Å². The molecule has 1 aromatic carbocycles. The van der Waals surface area contributed by atoms with Crippen LogP contribution >= 0.6 is 11.3 Å². The molecule has 1 atom stereocenters. The number of ether oxygens (including phenoxy) is 1. The zero-order valence-electron chi connectivity index (χ0n) is 13.8. The van der Waals surface area contributed by atoms with Crippen molar-refractivity contribution in [1.82, 2.24) is 10.3 Å². The Kier molecular flexibility index (Phi) is 5.60. The summed E-state index contributed by atoms with van der Waals surface area (Å²) in [7, 11) is 0. The van der Waals surface area contributed by atoms with E-state index in [1.165, 1.54) is 0 Å². The predicted molar refractivity (Wildman–Crippen MR) is 95.7 cm³/mol. The third-order valence-corrected chi connectivity index (χ3v) is 5.62. The molecule has 5 nitrogen and oxygen atoms in total. The SMILES string of the molecule is Cc1nc(-c2ccccc2)sc1CNC(=O)C(N)C1CCOCC1. The first-order chi connectivity index (χ1) is 11.6. The molecule has 1 aromatic heterocycles. The van der Waals surface area contributed by atoms with Crippen LogP contribution in [-0.2, 0) is 16.1 Å². The minimum absolute atomic E-state index is 0.0871. The molecule has 0 saturated carbocycles. The van der Waals surface area contributed by atoms with Crippen LogP contribution in [-0.4, -0.2) is 30.1 Å². The Morgan fingerprint density at radius 1 is 1.38 bits per heavy atom. The molecule has 0 radical (unpaired) electrons. The van der Waals surface area contributed by atoms with Gasteiger partial charge in [-0.1, -0.05) is 30.3 Å². The largest absolute Gasteiger partial charge is 0.381 e. The second-order valence-electron chi connectivity index (χ2n) is 6.09. The lowest BCUT2D eigenvalue weighted by Crippen LogP contribution is -2.46. The molecule has 1 fully saturated rings. The normalized spacial score (nSPS) is 16.8. The van der Waals surface area contributed by atoms with Gasteiger partial charge in [0.05, 0.1) is 18.3 Å². The van der Waals surface area contributed by atoms with Gasteiger partial charge in [0, 0.05) is 23.7 Å². The molecule has 2 heterocycles. The van der Waals surface area contributed by atoms with Crippen molar-refractivity contribution in [2.24, 2.45) is 11.7 Å². The van der Waals surface area contributed by atoms with Crippen molar-refractivity contribution in [1.29, 1.82) is 0 Å². The van der Waals surface area contributed by atoms with E-state index in [4.69, 9.17) is 10.5 Å². The molecular formula is C18H23N3O2S. The van der Waals surface area contributed by atoms with Gasteiger partial charge in [0.2, 0.25) is 5.91 Å². The molecule has 1 aliphatic heterocycles. The van der Waals surface area contributed by atoms with Crippen molar-refractivity contribution in [3.8, 4) is 10.6 Å². The smallest absolute Gasteiger partial charge is 0.237 e. The lowest BCUT2D eigenvalue weighted by molar-refractivity contribution is -0.124. The van der Waals surface area contributed by atoms with Crippen LogP contribution in [0.1, 0.15) is 23.4 Å². The highest BCUT2D eigenvalue weighted by molar-refractivity contribution is 7.15.